The normalized spacial score (nSPS) is 17.3. The topological polar surface area (TPSA) is 56.7 Å². The molecule has 0 amide bonds. The van der Waals surface area contributed by atoms with E-state index in [9.17, 15) is 0 Å². The summed E-state index contributed by atoms with van der Waals surface area (Å²) in [6.45, 7) is 4.32. The fourth-order valence-electron chi connectivity index (χ4n) is 4.75. The van der Waals surface area contributed by atoms with Crippen LogP contribution in [0.3, 0.4) is 0 Å². The first kappa shape index (κ1) is 22.3. The van der Waals surface area contributed by atoms with Crippen molar-refractivity contribution < 1.29 is 0 Å². The van der Waals surface area contributed by atoms with E-state index >= 15 is 0 Å². The van der Waals surface area contributed by atoms with Crippen molar-refractivity contribution in [1.82, 2.24) is 14.9 Å². The third kappa shape index (κ3) is 4.73. The first-order chi connectivity index (χ1) is 16.6. The lowest BCUT2D eigenvalue weighted by Gasteiger charge is -2.35. The summed E-state index contributed by atoms with van der Waals surface area (Å²) in [7, 11) is 4.36. The van der Waals surface area contributed by atoms with Crippen molar-refractivity contribution in [3.8, 4) is 0 Å². The van der Waals surface area contributed by atoms with E-state index in [1.54, 1.807) is 0 Å². The summed E-state index contributed by atoms with van der Waals surface area (Å²) in [5.41, 5.74) is 4.59. The highest BCUT2D eigenvalue weighted by molar-refractivity contribution is 5.91. The highest BCUT2D eigenvalue weighted by atomic mass is 15.2. The number of hydrogen-bond donors (Lipinski definition) is 1. The Balaban J connectivity index is 1.36. The summed E-state index contributed by atoms with van der Waals surface area (Å²) in [6, 6.07) is 13.4. The number of aliphatic imine (C=N–C) groups is 1. The Hall–Kier alpha value is -3.51. The first-order valence-corrected chi connectivity index (χ1v) is 12.0. The van der Waals surface area contributed by atoms with Crippen molar-refractivity contribution in [3.63, 3.8) is 0 Å². The molecule has 2 aromatic heterocycles. The van der Waals surface area contributed by atoms with Gasteiger partial charge in [0, 0.05) is 61.0 Å². The molecule has 1 aromatic carbocycles. The van der Waals surface area contributed by atoms with Crippen LogP contribution < -0.4 is 10.2 Å². The van der Waals surface area contributed by atoms with Gasteiger partial charge >= 0.3 is 0 Å². The second kappa shape index (κ2) is 9.77. The Kier molecular flexibility index (Phi) is 6.41. The molecule has 0 saturated carbocycles. The van der Waals surface area contributed by atoms with Gasteiger partial charge in [0.15, 0.2) is 0 Å². The minimum Gasteiger partial charge on any atom is -0.357 e. The lowest BCUT2D eigenvalue weighted by atomic mass is 10.0. The molecule has 6 nitrogen and oxygen atoms in total. The van der Waals surface area contributed by atoms with Crippen LogP contribution in [0, 0.1) is 0 Å². The lowest BCUT2D eigenvalue weighted by Crippen LogP contribution is -2.42. The minimum absolute atomic E-state index is 0.526. The Bertz CT molecular complexity index is 1270. The number of fused-ring (bicyclic) bond motifs is 1. The van der Waals surface area contributed by atoms with Gasteiger partial charge in [-0.3, -0.25) is 4.99 Å². The molecule has 6 heteroatoms. The standard InChI is InChI=1S/C28H32N6/c1-4-26(21-8-12-30-28(17-21)34(3)25-9-13-33(2)14-10-25)32-27-16-24-15-20(23-7-11-29-18-23)5-6-22(24)19-31-27/h4-6,8,11-12,15-19,25H,7,9-10,13-14H2,1-3H3,(H,31,32)/b26-4+. The highest BCUT2D eigenvalue weighted by Gasteiger charge is 2.21. The van der Waals surface area contributed by atoms with Crippen LogP contribution in [0.5, 0.6) is 0 Å². The quantitative estimate of drug-likeness (QED) is 0.539. The first-order valence-electron chi connectivity index (χ1n) is 12.0. The molecule has 0 spiro atoms. The molecular formula is C28H32N6. The Labute approximate surface area is 201 Å². The number of allylic oxidation sites excluding steroid dienone is 2. The van der Waals surface area contributed by atoms with Crippen molar-refractivity contribution >= 4 is 39.9 Å². The van der Waals surface area contributed by atoms with Gasteiger partial charge in [-0.2, -0.15) is 0 Å². The van der Waals surface area contributed by atoms with Gasteiger partial charge in [0.05, 0.1) is 0 Å². The average Bonchev–Trinajstić information content (AvgIpc) is 3.42. The number of pyridine rings is 2. The largest absolute Gasteiger partial charge is 0.357 e. The van der Waals surface area contributed by atoms with E-state index in [0.29, 0.717) is 6.04 Å². The van der Waals surface area contributed by atoms with E-state index in [1.807, 2.05) is 24.8 Å². The highest BCUT2D eigenvalue weighted by Crippen LogP contribution is 2.28. The summed E-state index contributed by atoms with van der Waals surface area (Å²) in [5, 5.41) is 5.82. The van der Waals surface area contributed by atoms with Crippen LogP contribution in [-0.2, 0) is 0 Å². The molecule has 1 fully saturated rings. The molecular weight excluding hydrogens is 420 g/mol. The van der Waals surface area contributed by atoms with Gasteiger partial charge in [-0.25, -0.2) is 9.97 Å². The molecule has 0 unspecified atom stereocenters. The van der Waals surface area contributed by atoms with Gasteiger partial charge in [-0.1, -0.05) is 18.2 Å². The number of piperidine rings is 1. The van der Waals surface area contributed by atoms with Gasteiger partial charge in [0.2, 0.25) is 0 Å². The van der Waals surface area contributed by atoms with E-state index in [-0.39, 0.29) is 0 Å². The monoisotopic (exact) mass is 452 g/mol. The third-order valence-corrected chi connectivity index (χ3v) is 6.94. The zero-order chi connectivity index (χ0) is 23.5. The van der Waals surface area contributed by atoms with Gasteiger partial charge < -0.3 is 15.1 Å². The number of rotatable bonds is 6. The number of anilines is 2. The average molecular weight is 453 g/mol. The number of likely N-dealkylation sites (tertiary alicyclic amines) is 1. The summed E-state index contributed by atoms with van der Waals surface area (Å²) in [6.07, 6.45) is 13.0. The summed E-state index contributed by atoms with van der Waals surface area (Å²) >= 11 is 0. The van der Waals surface area contributed by atoms with Crippen molar-refractivity contribution in [2.45, 2.75) is 32.2 Å². The van der Waals surface area contributed by atoms with Crippen molar-refractivity contribution in [2.75, 3.05) is 37.4 Å². The number of benzene rings is 1. The fourth-order valence-corrected chi connectivity index (χ4v) is 4.75. The van der Waals surface area contributed by atoms with Crippen LogP contribution >= 0.6 is 0 Å². The summed E-state index contributed by atoms with van der Waals surface area (Å²) in [4.78, 5) is 18.3. The second-order valence-corrected chi connectivity index (χ2v) is 9.20. The van der Waals surface area contributed by atoms with Gasteiger partial charge in [-0.05, 0) is 80.7 Å². The predicted molar refractivity (Wildman–Crippen MR) is 143 cm³/mol. The third-order valence-electron chi connectivity index (χ3n) is 6.94. The zero-order valence-corrected chi connectivity index (χ0v) is 20.2. The number of nitrogens with zero attached hydrogens (tertiary/aromatic N) is 5. The van der Waals surface area contributed by atoms with Crippen LogP contribution in [0.15, 0.2) is 66.1 Å². The second-order valence-electron chi connectivity index (χ2n) is 9.20. The Morgan fingerprint density at radius 2 is 1.94 bits per heavy atom. The Morgan fingerprint density at radius 3 is 2.71 bits per heavy atom. The minimum atomic E-state index is 0.526. The van der Waals surface area contributed by atoms with E-state index in [4.69, 9.17) is 0 Å². The molecule has 4 heterocycles. The molecule has 0 radical (unpaired) electrons. The van der Waals surface area contributed by atoms with Crippen LogP contribution in [0.4, 0.5) is 11.6 Å². The fraction of sp³-hybridized carbons (Fsp3) is 0.321. The maximum Gasteiger partial charge on any atom is 0.130 e. The molecule has 1 saturated heterocycles. The van der Waals surface area contributed by atoms with Crippen LogP contribution in [0.25, 0.3) is 22.0 Å². The van der Waals surface area contributed by atoms with Crippen molar-refractivity contribution in [2.24, 2.45) is 4.99 Å². The maximum absolute atomic E-state index is 4.67. The van der Waals surface area contributed by atoms with Crippen molar-refractivity contribution in [1.29, 1.82) is 0 Å². The van der Waals surface area contributed by atoms with Crippen LogP contribution in [0.2, 0.25) is 0 Å². The SMILES string of the molecule is C/C=C(/Nc1cc2cc(C3=CN=CC3)ccc2cn1)c1ccnc(N(C)C2CCN(C)CC2)c1. The van der Waals surface area contributed by atoms with E-state index in [0.717, 1.165) is 53.2 Å². The molecule has 5 rings (SSSR count). The van der Waals surface area contributed by atoms with Crippen molar-refractivity contribution in [3.05, 3.63) is 72.2 Å². The summed E-state index contributed by atoms with van der Waals surface area (Å²) in [5.74, 6) is 1.84. The van der Waals surface area contributed by atoms with Gasteiger partial charge in [0.1, 0.15) is 11.6 Å². The summed E-state index contributed by atoms with van der Waals surface area (Å²) < 4.78 is 0. The molecule has 0 aliphatic carbocycles. The predicted octanol–water partition coefficient (Wildman–Crippen LogP) is 5.45. The zero-order valence-electron chi connectivity index (χ0n) is 20.2. The van der Waals surface area contributed by atoms with Gasteiger partial charge in [-0.15, -0.1) is 0 Å². The Morgan fingerprint density at radius 1 is 1.09 bits per heavy atom. The van der Waals surface area contributed by atoms with E-state index in [1.165, 1.54) is 24.0 Å². The molecule has 3 aromatic rings. The maximum atomic E-state index is 4.67. The van der Waals surface area contributed by atoms with E-state index in [2.05, 4.69) is 93.6 Å². The molecule has 2 aliphatic heterocycles. The molecule has 174 valence electrons. The molecule has 34 heavy (non-hydrogen) atoms. The molecule has 1 N–H and O–H groups in total. The molecule has 0 bridgehead atoms. The van der Waals surface area contributed by atoms with E-state index < -0.39 is 0 Å². The number of aromatic nitrogens is 2. The number of nitrogens with one attached hydrogen (secondary N) is 1. The molecule has 0 atom stereocenters. The van der Waals surface area contributed by atoms with Crippen LogP contribution in [0.1, 0.15) is 37.3 Å². The molecule has 2 aliphatic rings. The van der Waals surface area contributed by atoms with Crippen LogP contribution in [-0.4, -0.2) is 54.3 Å². The number of hydrogen-bond acceptors (Lipinski definition) is 6. The lowest BCUT2D eigenvalue weighted by molar-refractivity contribution is 0.252. The van der Waals surface area contributed by atoms with Gasteiger partial charge in [0.25, 0.3) is 0 Å². The smallest absolute Gasteiger partial charge is 0.130 e.